The van der Waals surface area contributed by atoms with Crippen LogP contribution in [-0.2, 0) is 0 Å². The van der Waals surface area contributed by atoms with E-state index in [-0.39, 0.29) is 11.1 Å². The van der Waals surface area contributed by atoms with Crippen molar-refractivity contribution in [1.82, 2.24) is 9.97 Å². The van der Waals surface area contributed by atoms with Crippen molar-refractivity contribution in [3.63, 3.8) is 0 Å². The van der Waals surface area contributed by atoms with Gasteiger partial charge in [-0.1, -0.05) is 11.6 Å². The predicted molar refractivity (Wildman–Crippen MR) is 96.7 cm³/mol. The van der Waals surface area contributed by atoms with Crippen molar-refractivity contribution in [1.29, 1.82) is 0 Å². The molecule has 0 unspecified atom stereocenters. The van der Waals surface area contributed by atoms with Gasteiger partial charge in [0.2, 0.25) is 0 Å². The third-order valence-corrected chi connectivity index (χ3v) is 3.80. The van der Waals surface area contributed by atoms with Crippen LogP contribution in [0.3, 0.4) is 0 Å². The van der Waals surface area contributed by atoms with Gasteiger partial charge < -0.3 is 15.4 Å². The highest BCUT2D eigenvalue weighted by Gasteiger charge is 2.13. The second-order valence-electron chi connectivity index (χ2n) is 5.32. The topological polar surface area (TPSA) is 112 Å². The zero-order valence-electron chi connectivity index (χ0n) is 13.2. The van der Waals surface area contributed by atoms with Crippen molar-refractivity contribution < 1.29 is 14.7 Å². The molecule has 1 aromatic heterocycles. The summed E-state index contributed by atoms with van der Waals surface area (Å²) in [4.78, 5) is 41.9. The minimum absolute atomic E-state index is 0.0924. The summed E-state index contributed by atoms with van der Waals surface area (Å²) in [6, 6.07) is 12.3. The Hall–Kier alpha value is -3.45. The maximum atomic E-state index is 12.2. The van der Waals surface area contributed by atoms with E-state index < -0.39 is 17.4 Å². The van der Waals surface area contributed by atoms with Crippen LogP contribution in [0.15, 0.2) is 59.5 Å². The molecule has 0 radical (unpaired) electrons. The minimum atomic E-state index is -1.07. The molecule has 7 nitrogen and oxygen atoms in total. The monoisotopic (exact) mass is 369 g/mol. The van der Waals surface area contributed by atoms with Crippen molar-refractivity contribution in [2.24, 2.45) is 0 Å². The van der Waals surface area contributed by atoms with Crippen LogP contribution < -0.4 is 10.9 Å². The average Bonchev–Trinajstić information content (AvgIpc) is 2.62. The maximum absolute atomic E-state index is 12.2. The molecule has 1 heterocycles. The summed E-state index contributed by atoms with van der Waals surface area (Å²) in [7, 11) is 0. The lowest BCUT2D eigenvalue weighted by molar-refractivity contribution is 0.0696. The summed E-state index contributed by atoms with van der Waals surface area (Å²) >= 11 is 5.82. The summed E-state index contributed by atoms with van der Waals surface area (Å²) in [5, 5.41) is 11.9. The lowest BCUT2D eigenvalue weighted by Gasteiger charge is -2.06. The molecule has 0 saturated carbocycles. The molecule has 0 spiro atoms. The lowest BCUT2D eigenvalue weighted by atomic mass is 10.2. The number of amides is 1. The maximum Gasteiger partial charge on any atom is 0.335 e. The summed E-state index contributed by atoms with van der Waals surface area (Å²) in [6.45, 7) is 0. The van der Waals surface area contributed by atoms with E-state index in [0.29, 0.717) is 22.1 Å². The zero-order valence-corrected chi connectivity index (χ0v) is 13.9. The number of carboxylic acids is 1. The van der Waals surface area contributed by atoms with Crippen LogP contribution in [0, 0.1) is 0 Å². The van der Waals surface area contributed by atoms with Gasteiger partial charge in [-0.2, -0.15) is 0 Å². The molecule has 1 amide bonds. The standard InChI is InChI=1S/C18H12ClN3O4/c19-12-5-1-10(2-6-12)15-20-9-14(17(24)22-15)16(23)21-13-7-3-11(4-8-13)18(25)26/h1-9H,(H,21,23)(H,25,26)(H,20,22,24). The van der Waals surface area contributed by atoms with Gasteiger partial charge in [-0.15, -0.1) is 0 Å². The highest BCUT2D eigenvalue weighted by atomic mass is 35.5. The van der Waals surface area contributed by atoms with Crippen LogP contribution in [0.4, 0.5) is 5.69 Å². The Bertz CT molecular complexity index is 1030. The molecular formula is C18H12ClN3O4. The van der Waals surface area contributed by atoms with Crippen molar-refractivity contribution in [2.45, 2.75) is 0 Å². The van der Waals surface area contributed by atoms with E-state index in [1.165, 1.54) is 30.5 Å². The normalized spacial score (nSPS) is 10.3. The fourth-order valence-corrected chi connectivity index (χ4v) is 2.33. The zero-order chi connectivity index (χ0) is 18.7. The number of aromatic amines is 1. The van der Waals surface area contributed by atoms with Gasteiger partial charge in [0, 0.05) is 22.5 Å². The Morgan fingerprint density at radius 2 is 1.69 bits per heavy atom. The number of aromatic nitrogens is 2. The number of carbonyl (C=O) groups excluding carboxylic acids is 1. The first-order valence-electron chi connectivity index (χ1n) is 7.44. The van der Waals surface area contributed by atoms with E-state index in [1.54, 1.807) is 24.3 Å². The number of halogens is 1. The molecule has 0 bridgehead atoms. The number of anilines is 1. The molecule has 8 heteroatoms. The van der Waals surface area contributed by atoms with Gasteiger partial charge in [0.15, 0.2) is 0 Å². The number of hydrogen-bond donors (Lipinski definition) is 3. The predicted octanol–water partition coefficient (Wildman–Crippen LogP) is 3.04. The van der Waals surface area contributed by atoms with Gasteiger partial charge in [0.05, 0.1) is 5.56 Å². The summed E-state index contributed by atoms with van der Waals surface area (Å²) in [5.74, 6) is -1.40. The van der Waals surface area contributed by atoms with Crippen LogP contribution in [0.2, 0.25) is 5.02 Å². The number of aromatic carboxylic acids is 1. The van der Waals surface area contributed by atoms with Crippen molar-refractivity contribution in [2.75, 3.05) is 5.32 Å². The lowest BCUT2D eigenvalue weighted by Crippen LogP contribution is -2.24. The summed E-state index contributed by atoms with van der Waals surface area (Å²) < 4.78 is 0. The van der Waals surface area contributed by atoms with Crippen molar-refractivity contribution in [3.8, 4) is 11.4 Å². The molecular weight excluding hydrogens is 358 g/mol. The molecule has 2 aromatic carbocycles. The fourth-order valence-electron chi connectivity index (χ4n) is 2.21. The van der Waals surface area contributed by atoms with Gasteiger partial charge in [-0.3, -0.25) is 9.59 Å². The Kier molecular flexibility index (Phi) is 4.81. The minimum Gasteiger partial charge on any atom is -0.478 e. The third kappa shape index (κ3) is 3.79. The highest BCUT2D eigenvalue weighted by molar-refractivity contribution is 6.30. The number of nitrogens with zero attached hydrogens (tertiary/aromatic N) is 1. The van der Waals surface area contributed by atoms with E-state index in [1.807, 2.05) is 0 Å². The van der Waals surface area contributed by atoms with Crippen LogP contribution in [0.1, 0.15) is 20.7 Å². The molecule has 3 rings (SSSR count). The second-order valence-corrected chi connectivity index (χ2v) is 5.75. The Balaban J connectivity index is 1.80. The molecule has 3 N–H and O–H groups in total. The molecule has 26 heavy (non-hydrogen) atoms. The molecule has 0 aliphatic heterocycles. The SMILES string of the molecule is O=C(O)c1ccc(NC(=O)c2cnc(-c3ccc(Cl)cc3)[nH]c2=O)cc1. The Labute approximate surface area is 152 Å². The van der Waals surface area contributed by atoms with Gasteiger partial charge in [-0.25, -0.2) is 9.78 Å². The van der Waals surface area contributed by atoms with Crippen LogP contribution in [0.5, 0.6) is 0 Å². The Morgan fingerprint density at radius 1 is 1.04 bits per heavy atom. The summed E-state index contributed by atoms with van der Waals surface area (Å²) in [6.07, 6.45) is 1.18. The first kappa shape index (κ1) is 17.4. The largest absolute Gasteiger partial charge is 0.478 e. The number of rotatable bonds is 4. The smallest absolute Gasteiger partial charge is 0.335 e. The molecule has 0 aliphatic rings. The number of hydrogen-bond acceptors (Lipinski definition) is 4. The molecule has 130 valence electrons. The van der Waals surface area contributed by atoms with Gasteiger partial charge >= 0.3 is 5.97 Å². The molecule has 0 aliphatic carbocycles. The number of benzene rings is 2. The molecule has 0 saturated heterocycles. The van der Waals surface area contributed by atoms with Crippen molar-refractivity contribution >= 4 is 29.2 Å². The fraction of sp³-hybridized carbons (Fsp3) is 0. The van der Waals surface area contributed by atoms with Gasteiger partial charge in [0.25, 0.3) is 11.5 Å². The van der Waals surface area contributed by atoms with E-state index >= 15 is 0 Å². The number of carbonyl (C=O) groups is 2. The Morgan fingerprint density at radius 3 is 2.27 bits per heavy atom. The van der Waals surface area contributed by atoms with Gasteiger partial charge in [-0.05, 0) is 48.5 Å². The summed E-state index contributed by atoms with van der Waals surface area (Å²) in [5.41, 5.74) is 0.355. The molecule has 3 aromatic rings. The average molecular weight is 370 g/mol. The van der Waals surface area contributed by atoms with E-state index in [9.17, 15) is 14.4 Å². The van der Waals surface area contributed by atoms with Crippen molar-refractivity contribution in [3.05, 3.63) is 81.2 Å². The van der Waals surface area contributed by atoms with E-state index in [0.717, 1.165) is 0 Å². The quantitative estimate of drug-likeness (QED) is 0.654. The van der Waals surface area contributed by atoms with Crippen LogP contribution in [-0.4, -0.2) is 27.0 Å². The first-order valence-corrected chi connectivity index (χ1v) is 7.82. The number of nitrogens with one attached hydrogen (secondary N) is 2. The van der Waals surface area contributed by atoms with E-state index in [2.05, 4.69) is 15.3 Å². The molecule has 0 fully saturated rings. The van der Waals surface area contributed by atoms with Crippen LogP contribution in [0.25, 0.3) is 11.4 Å². The first-order chi connectivity index (χ1) is 12.4. The number of carboxylic acid groups (broad SMARTS) is 1. The van der Waals surface area contributed by atoms with Crippen LogP contribution >= 0.6 is 11.6 Å². The molecule has 0 atom stereocenters. The van der Waals surface area contributed by atoms with E-state index in [4.69, 9.17) is 16.7 Å². The third-order valence-electron chi connectivity index (χ3n) is 3.55. The van der Waals surface area contributed by atoms with Gasteiger partial charge in [0.1, 0.15) is 11.4 Å². The number of H-pyrrole nitrogens is 1. The second kappa shape index (κ2) is 7.20. The highest BCUT2D eigenvalue weighted by Crippen LogP contribution is 2.17.